The Hall–Kier alpha value is -0.830. The third-order valence-corrected chi connectivity index (χ3v) is 2.24. The topological polar surface area (TPSA) is 34.1 Å². The van der Waals surface area contributed by atoms with E-state index in [4.69, 9.17) is 0 Å². The molecular weight excluding hydrogens is 208 g/mol. The van der Waals surface area contributed by atoms with E-state index < -0.39 is 0 Å². The Labute approximate surface area is 95.8 Å². The zero-order valence-electron chi connectivity index (χ0n) is 9.36. The molecule has 0 radical (unpaired) electrons. The van der Waals surface area contributed by atoms with Gasteiger partial charge < -0.3 is 0 Å². The highest BCUT2D eigenvalue weighted by Gasteiger charge is 1.93. The van der Waals surface area contributed by atoms with E-state index in [2.05, 4.69) is 0 Å². The van der Waals surface area contributed by atoms with Crippen LogP contribution < -0.4 is 0 Å². The first-order valence-corrected chi connectivity index (χ1v) is 6.19. The summed E-state index contributed by atoms with van der Waals surface area (Å²) >= 11 is 1.36. The molecule has 0 aliphatic rings. The SMILES string of the molecule is CCCC(=O)/C=C\S/C=C\C(=O)CCC. The van der Waals surface area contributed by atoms with Crippen molar-refractivity contribution in [2.75, 3.05) is 0 Å². The second-order valence-corrected chi connectivity index (χ2v) is 3.99. The van der Waals surface area contributed by atoms with E-state index in [0.717, 1.165) is 12.8 Å². The van der Waals surface area contributed by atoms with Crippen molar-refractivity contribution >= 4 is 23.3 Å². The molecule has 0 atom stereocenters. The Kier molecular flexibility index (Phi) is 9.18. The van der Waals surface area contributed by atoms with Gasteiger partial charge in [-0.1, -0.05) is 13.8 Å². The second kappa shape index (κ2) is 9.71. The van der Waals surface area contributed by atoms with Crippen molar-refractivity contribution in [1.82, 2.24) is 0 Å². The molecular formula is C12H18O2S. The predicted octanol–water partition coefficient (Wildman–Crippen LogP) is 3.49. The van der Waals surface area contributed by atoms with Gasteiger partial charge in [0.15, 0.2) is 11.6 Å². The summed E-state index contributed by atoms with van der Waals surface area (Å²) in [6, 6.07) is 0. The lowest BCUT2D eigenvalue weighted by atomic mass is 10.2. The molecule has 0 fully saturated rings. The van der Waals surface area contributed by atoms with Gasteiger partial charge in [-0.3, -0.25) is 9.59 Å². The lowest BCUT2D eigenvalue weighted by Crippen LogP contribution is -1.89. The van der Waals surface area contributed by atoms with Crippen LogP contribution in [0, 0.1) is 0 Å². The van der Waals surface area contributed by atoms with Gasteiger partial charge in [-0.05, 0) is 35.8 Å². The van der Waals surface area contributed by atoms with E-state index in [1.165, 1.54) is 11.8 Å². The van der Waals surface area contributed by atoms with Crippen LogP contribution in [0.5, 0.6) is 0 Å². The zero-order chi connectivity index (χ0) is 11.5. The average Bonchev–Trinajstić information content (AvgIpc) is 2.18. The van der Waals surface area contributed by atoms with Crippen molar-refractivity contribution in [3.8, 4) is 0 Å². The van der Waals surface area contributed by atoms with Crippen LogP contribution in [-0.2, 0) is 9.59 Å². The second-order valence-electron chi connectivity index (χ2n) is 3.17. The molecule has 15 heavy (non-hydrogen) atoms. The molecule has 0 amide bonds. The number of thioether (sulfide) groups is 1. The van der Waals surface area contributed by atoms with Crippen molar-refractivity contribution in [3.63, 3.8) is 0 Å². The summed E-state index contributed by atoms with van der Waals surface area (Å²) in [7, 11) is 0. The monoisotopic (exact) mass is 226 g/mol. The Balaban J connectivity index is 3.68. The summed E-state index contributed by atoms with van der Waals surface area (Å²) in [5.41, 5.74) is 0. The molecule has 0 heterocycles. The van der Waals surface area contributed by atoms with Crippen molar-refractivity contribution in [1.29, 1.82) is 0 Å². The maximum Gasteiger partial charge on any atom is 0.156 e. The minimum Gasteiger partial charge on any atom is -0.295 e. The minimum atomic E-state index is 0.137. The molecule has 0 aliphatic carbocycles. The zero-order valence-corrected chi connectivity index (χ0v) is 10.2. The van der Waals surface area contributed by atoms with Crippen LogP contribution in [0.2, 0.25) is 0 Å². The number of ketones is 2. The van der Waals surface area contributed by atoms with Gasteiger partial charge in [0.1, 0.15) is 0 Å². The van der Waals surface area contributed by atoms with Crippen LogP contribution in [-0.4, -0.2) is 11.6 Å². The number of rotatable bonds is 8. The Morgan fingerprint density at radius 2 is 1.33 bits per heavy atom. The highest BCUT2D eigenvalue weighted by Crippen LogP contribution is 2.05. The molecule has 0 aromatic heterocycles. The number of hydrogen-bond acceptors (Lipinski definition) is 3. The Morgan fingerprint density at radius 1 is 0.933 bits per heavy atom. The molecule has 0 unspecified atom stereocenters. The van der Waals surface area contributed by atoms with Crippen molar-refractivity contribution < 1.29 is 9.59 Å². The molecule has 0 N–H and O–H groups in total. The van der Waals surface area contributed by atoms with Gasteiger partial charge in [-0.2, -0.15) is 0 Å². The quantitative estimate of drug-likeness (QED) is 0.594. The predicted molar refractivity (Wildman–Crippen MR) is 65.7 cm³/mol. The fourth-order valence-electron chi connectivity index (χ4n) is 0.935. The first kappa shape index (κ1) is 14.2. The van der Waals surface area contributed by atoms with Gasteiger partial charge in [0, 0.05) is 12.8 Å². The summed E-state index contributed by atoms with van der Waals surface area (Å²) < 4.78 is 0. The van der Waals surface area contributed by atoms with Crippen LogP contribution in [0.1, 0.15) is 39.5 Å². The van der Waals surface area contributed by atoms with Crippen molar-refractivity contribution in [3.05, 3.63) is 23.0 Å². The largest absolute Gasteiger partial charge is 0.295 e. The van der Waals surface area contributed by atoms with Gasteiger partial charge in [-0.15, -0.1) is 11.8 Å². The number of carbonyl (C=O) groups is 2. The molecule has 0 saturated heterocycles. The highest BCUT2D eigenvalue weighted by molar-refractivity contribution is 8.04. The lowest BCUT2D eigenvalue weighted by molar-refractivity contribution is -0.115. The maximum atomic E-state index is 11.1. The molecule has 0 aromatic carbocycles. The van der Waals surface area contributed by atoms with Gasteiger partial charge in [0.2, 0.25) is 0 Å². The molecule has 0 spiro atoms. The molecule has 0 rings (SSSR count). The molecule has 0 saturated carbocycles. The summed E-state index contributed by atoms with van der Waals surface area (Å²) in [6.45, 7) is 3.95. The molecule has 0 bridgehead atoms. The molecule has 84 valence electrons. The van der Waals surface area contributed by atoms with Crippen LogP contribution in [0.3, 0.4) is 0 Å². The van der Waals surface area contributed by atoms with Gasteiger partial charge in [0.05, 0.1) is 0 Å². The van der Waals surface area contributed by atoms with Crippen LogP contribution >= 0.6 is 11.8 Å². The van der Waals surface area contributed by atoms with E-state index in [-0.39, 0.29) is 11.6 Å². The van der Waals surface area contributed by atoms with E-state index in [0.29, 0.717) is 12.8 Å². The number of hydrogen-bond donors (Lipinski definition) is 0. The van der Waals surface area contributed by atoms with E-state index in [1.54, 1.807) is 23.0 Å². The smallest absolute Gasteiger partial charge is 0.156 e. The molecule has 0 aromatic rings. The third-order valence-electron chi connectivity index (χ3n) is 1.66. The first-order valence-electron chi connectivity index (χ1n) is 5.24. The van der Waals surface area contributed by atoms with Crippen LogP contribution in [0.4, 0.5) is 0 Å². The fourth-order valence-corrected chi connectivity index (χ4v) is 1.49. The third kappa shape index (κ3) is 9.47. The first-order chi connectivity index (χ1) is 7.20. The van der Waals surface area contributed by atoms with E-state index in [9.17, 15) is 9.59 Å². The number of allylic oxidation sites excluding steroid dienone is 2. The highest BCUT2D eigenvalue weighted by atomic mass is 32.2. The average molecular weight is 226 g/mol. The normalized spacial score (nSPS) is 11.3. The van der Waals surface area contributed by atoms with Crippen LogP contribution in [0.25, 0.3) is 0 Å². The summed E-state index contributed by atoms with van der Waals surface area (Å²) in [5.74, 6) is 0.275. The minimum absolute atomic E-state index is 0.137. The Morgan fingerprint density at radius 3 is 1.67 bits per heavy atom. The van der Waals surface area contributed by atoms with Gasteiger partial charge in [0.25, 0.3) is 0 Å². The molecule has 2 nitrogen and oxygen atoms in total. The summed E-state index contributed by atoms with van der Waals surface area (Å²) in [6.07, 6.45) is 6.05. The maximum absolute atomic E-state index is 11.1. The van der Waals surface area contributed by atoms with Gasteiger partial charge >= 0.3 is 0 Å². The Bertz CT molecular complexity index is 228. The van der Waals surface area contributed by atoms with Crippen molar-refractivity contribution in [2.24, 2.45) is 0 Å². The lowest BCUT2D eigenvalue weighted by Gasteiger charge is -1.88. The fraction of sp³-hybridized carbons (Fsp3) is 0.500. The van der Waals surface area contributed by atoms with Gasteiger partial charge in [-0.25, -0.2) is 0 Å². The summed E-state index contributed by atoms with van der Waals surface area (Å²) in [4.78, 5) is 22.1. The summed E-state index contributed by atoms with van der Waals surface area (Å²) in [5, 5.41) is 3.43. The van der Waals surface area contributed by atoms with E-state index >= 15 is 0 Å². The molecule has 3 heteroatoms. The van der Waals surface area contributed by atoms with Crippen molar-refractivity contribution in [2.45, 2.75) is 39.5 Å². The number of carbonyl (C=O) groups excluding carboxylic acids is 2. The van der Waals surface area contributed by atoms with E-state index in [1.807, 2.05) is 13.8 Å². The van der Waals surface area contributed by atoms with Crippen LogP contribution in [0.15, 0.2) is 23.0 Å². The molecule has 0 aliphatic heterocycles. The standard InChI is InChI=1S/C12H18O2S/c1-3-5-11(13)7-9-15-10-8-12(14)6-4-2/h7-10H,3-6H2,1-2H3/b9-7-,10-8-.